The highest BCUT2D eigenvalue weighted by atomic mass is 19.1. The van der Waals surface area contributed by atoms with Crippen molar-refractivity contribution in [2.24, 2.45) is 0 Å². The van der Waals surface area contributed by atoms with E-state index >= 15 is 4.39 Å². The van der Waals surface area contributed by atoms with Gasteiger partial charge in [-0.25, -0.2) is 23.1 Å². The van der Waals surface area contributed by atoms with Crippen LogP contribution >= 0.6 is 0 Å². The van der Waals surface area contributed by atoms with E-state index in [-0.39, 0.29) is 49.2 Å². The first kappa shape index (κ1) is 35.4. The van der Waals surface area contributed by atoms with Gasteiger partial charge in [0.1, 0.15) is 41.4 Å². The Morgan fingerprint density at radius 1 is 1.07 bits per heavy atom. The molecular weight excluding hydrogens is 695 g/mol. The predicted molar refractivity (Wildman–Crippen MR) is 197 cm³/mol. The second-order valence-corrected chi connectivity index (χ2v) is 14.3. The number of anilines is 1. The van der Waals surface area contributed by atoms with Crippen LogP contribution in [0.3, 0.4) is 0 Å². The summed E-state index contributed by atoms with van der Waals surface area (Å²) in [6, 6.07) is 11.7. The number of aromatic nitrogens is 5. The topological polar surface area (TPSA) is 124 Å². The van der Waals surface area contributed by atoms with E-state index in [9.17, 15) is 18.8 Å². The van der Waals surface area contributed by atoms with Gasteiger partial charge in [-0.2, -0.15) is 15.2 Å². The van der Waals surface area contributed by atoms with Gasteiger partial charge in [-0.3, -0.25) is 14.7 Å². The fourth-order valence-electron chi connectivity index (χ4n) is 8.33. The van der Waals surface area contributed by atoms with Crippen molar-refractivity contribution in [3.8, 4) is 23.3 Å². The van der Waals surface area contributed by atoms with Crippen molar-refractivity contribution in [1.82, 2.24) is 34.7 Å². The average molecular weight is 734 g/mol. The normalized spacial score (nSPS) is 21.6. The Morgan fingerprint density at radius 2 is 1.94 bits per heavy atom. The molecule has 0 bridgehead atoms. The molecule has 1 amide bonds. The Morgan fingerprint density at radius 3 is 2.78 bits per heavy atom. The Kier molecular flexibility index (Phi) is 9.35. The van der Waals surface area contributed by atoms with Crippen LogP contribution in [-0.2, 0) is 4.79 Å². The number of amides is 1. The minimum atomic E-state index is -0.960. The first-order valence-electron chi connectivity index (χ1n) is 18.1. The number of benzene rings is 2. The van der Waals surface area contributed by atoms with Crippen LogP contribution in [0.2, 0.25) is 0 Å². The highest BCUT2D eigenvalue weighted by Crippen LogP contribution is 2.41. The molecule has 3 atom stereocenters. The van der Waals surface area contributed by atoms with Crippen LogP contribution < -0.4 is 9.64 Å². The first-order chi connectivity index (χ1) is 26.1. The number of piperazine rings is 1. The van der Waals surface area contributed by atoms with E-state index in [1.165, 1.54) is 18.3 Å². The highest BCUT2D eigenvalue weighted by molar-refractivity contribution is 6.01. The lowest BCUT2D eigenvalue weighted by atomic mass is 9.95. The summed E-state index contributed by atoms with van der Waals surface area (Å²) in [6.07, 6.45) is 7.29. The Labute approximate surface area is 310 Å². The number of alkyl halides is 1. The van der Waals surface area contributed by atoms with Crippen molar-refractivity contribution in [3.63, 3.8) is 0 Å². The Hall–Kier alpha value is -5.68. The monoisotopic (exact) mass is 733 g/mol. The molecule has 8 rings (SSSR count). The summed E-state index contributed by atoms with van der Waals surface area (Å²) in [5.41, 5.74) is 0.837. The second kappa shape index (κ2) is 14.3. The summed E-state index contributed by atoms with van der Waals surface area (Å²) >= 11 is 0. The van der Waals surface area contributed by atoms with Crippen molar-refractivity contribution in [3.05, 3.63) is 83.6 Å². The molecule has 3 fully saturated rings. The number of pyridine rings is 1. The molecule has 276 valence electrons. The lowest BCUT2D eigenvalue weighted by Crippen LogP contribution is -2.55. The number of nitriles is 1. The van der Waals surface area contributed by atoms with E-state index < -0.39 is 29.4 Å². The van der Waals surface area contributed by atoms with Gasteiger partial charge < -0.3 is 14.5 Å². The van der Waals surface area contributed by atoms with Crippen molar-refractivity contribution in [2.75, 3.05) is 44.2 Å². The molecule has 0 unspecified atom stereocenters. The molecule has 6 heterocycles. The maximum absolute atomic E-state index is 17.0. The molecule has 0 radical (unpaired) electrons. The minimum absolute atomic E-state index is 0.00235. The van der Waals surface area contributed by atoms with Gasteiger partial charge in [0.15, 0.2) is 5.82 Å². The van der Waals surface area contributed by atoms with Gasteiger partial charge >= 0.3 is 6.01 Å². The number of carbonyl (C=O) groups is 1. The lowest BCUT2D eigenvalue weighted by molar-refractivity contribution is -0.128. The average Bonchev–Trinajstić information content (AvgIpc) is 3.70. The van der Waals surface area contributed by atoms with E-state index in [1.54, 1.807) is 55.3 Å². The van der Waals surface area contributed by atoms with Crippen LogP contribution in [0.25, 0.3) is 39.0 Å². The number of hydrogen-bond donors (Lipinski definition) is 0. The minimum Gasteiger partial charge on any atom is -0.461 e. The van der Waals surface area contributed by atoms with Gasteiger partial charge in [-0.15, -0.1) is 0 Å². The summed E-state index contributed by atoms with van der Waals surface area (Å²) in [5, 5.41) is 11.4. The van der Waals surface area contributed by atoms with E-state index in [0.717, 1.165) is 24.8 Å². The van der Waals surface area contributed by atoms with E-state index in [0.29, 0.717) is 58.7 Å². The Balaban J connectivity index is 1.17. The molecule has 3 saturated heterocycles. The van der Waals surface area contributed by atoms with Gasteiger partial charge in [0.25, 0.3) is 0 Å². The number of nitrogens with zero attached hydrogens (tertiary/aromatic N) is 9. The van der Waals surface area contributed by atoms with Crippen molar-refractivity contribution in [2.45, 2.75) is 57.3 Å². The number of halogens is 3. The van der Waals surface area contributed by atoms with Crippen LogP contribution in [0, 0.1) is 36.8 Å². The summed E-state index contributed by atoms with van der Waals surface area (Å²) in [4.78, 5) is 41.5. The zero-order valence-corrected chi connectivity index (χ0v) is 30.0. The van der Waals surface area contributed by atoms with Gasteiger partial charge in [0, 0.05) is 56.6 Å². The second-order valence-electron chi connectivity index (χ2n) is 14.3. The third-order valence-corrected chi connectivity index (χ3v) is 11.0. The molecule has 0 saturated carbocycles. The van der Waals surface area contributed by atoms with Gasteiger partial charge in [0.2, 0.25) is 5.91 Å². The fraction of sp³-hybridized carbons (Fsp3) is 0.375. The molecule has 11 nitrogen and oxygen atoms in total. The van der Waals surface area contributed by atoms with Crippen molar-refractivity contribution >= 4 is 39.5 Å². The molecule has 3 aliphatic rings. The molecule has 0 N–H and O–H groups in total. The first-order valence-corrected chi connectivity index (χ1v) is 18.1. The SMILES string of the molecule is Cc1nccc(/C=C/C(=O)N2CCN(c3nc(OC[C@@]45CCCN4C[C@H](F)C5)nc4c(F)c(-c5cccc6ccc(F)c(C)c56)ncc34)C[C@@H]2CC#N)n1. The molecule has 5 aromatic rings. The number of rotatable bonds is 8. The third kappa shape index (κ3) is 6.46. The molecule has 14 heteroatoms. The fourth-order valence-corrected chi connectivity index (χ4v) is 8.33. The number of aryl methyl sites for hydroxylation is 2. The van der Waals surface area contributed by atoms with E-state index in [2.05, 4.69) is 30.9 Å². The van der Waals surface area contributed by atoms with Crippen LogP contribution in [0.4, 0.5) is 19.0 Å². The van der Waals surface area contributed by atoms with Crippen LogP contribution in [0.5, 0.6) is 6.01 Å². The third-order valence-electron chi connectivity index (χ3n) is 11.0. The largest absolute Gasteiger partial charge is 0.461 e. The van der Waals surface area contributed by atoms with Crippen molar-refractivity contribution in [1.29, 1.82) is 5.26 Å². The number of fused-ring (bicyclic) bond motifs is 3. The summed E-state index contributed by atoms with van der Waals surface area (Å²) in [6.45, 7) is 5.46. The van der Waals surface area contributed by atoms with Crippen LogP contribution in [-0.4, -0.2) is 97.7 Å². The van der Waals surface area contributed by atoms with Crippen LogP contribution in [0.1, 0.15) is 42.8 Å². The van der Waals surface area contributed by atoms with E-state index in [4.69, 9.17) is 9.72 Å². The number of ether oxygens (including phenoxy) is 1. The quantitative estimate of drug-likeness (QED) is 0.172. The van der Waals surface area contributed by atoms with Crippen molar-refractivity contribution < 1.29 is 22.7 Å². The summed E-state index contributed by atoms with van der Waals surface area (Å²) < 4.78 is 52.7. The maximum Gasteiger partial charge on any atom is 0.319 e. The van der Waals surface area contributed by atoms with Crippen LogP contribution in [0.15, 0.2) is 54.9 Å². The number of carbonyl (C=O) groups excluding carboxylic acids is 1. The van der Waals surface area contributed by atoms with Gasteiger partial charge in [-0.1, -0.05) is 24.3 Å². The molecule has 3 aromatic heterocycles. The smallest absolute Gasteiger partial charge is 0.319 e. The van der Waals surface area contributed by atoms with Gasteiger partial charge in [0.05, 0.1) is 35.2 Å². The maximum atomic E-state index is 17.0. The standard InChI is InChI=1S/C40H38F3N9O2/c1-24-32(42)9-7-26-5-3-6-30(34(24)26)36-35(43)37-31(20-46-36)38(49-39(48-37)54-23-40-13-4-16-51(40)21-27(41)19-40)50-17-18-52(29(22-50)11-14-44)33(53)10-8-28-12-15-45-25(2)47-28/h3,5-10,12,15,20,27,29H,4,11,13,16-19,21-23H2,1-2H3/b10-8+/t27-,29+,40+/m1/s1. The van der Waals surface area contributed by atoms with Gasteiger partial charge in [-0.05, 0) is 67.8 Å². The highest BCUT2D eigenvalue weighted by Gasteiger charge is 2.49. The molecule has 54 heavy (non-hydrogen) atoms. The molecule has 0 aliphatic carbocycles. The zero-order valence-electron chi connectivity index (χ0n) is 30.0. The molecule has 3 aliphatic heterocycles. The lowest BCUT2D eigenvalue weighted by Gasteiger charge is -2.41. The van der Waals surface area contributed by atoms with E-state index in [1.807, 2.05) is 11.0 Å². The summed E-state index contributed by atoms with van der Waals surface area (Å²) in [5.74, 6) is -0.496. The Bertz CT molecular complexity index is 2350. The molecule has 2 aromatic carbocycles. The molecular formula is C40H38F3N9O2. The zero-order chi connectivity index (χ0) is 37.6. The molecule has 0 spiro atoms. The number of hydrogen-bond acceptors (Lipinski definition) is 10. The summed E-state index contributed by atoms with van der Waals surface area (Å²) in [7, 11) is 0. The predicted octanol–water partition coefficient (Wildman–Crippen LogP) is 6.13.